The van der Waals surface area contributed by atoms with Gasteiger partial charge in [0.15, 0.2) is 0 Å². The van der Waals surface area contributed by atoms with E-state index < -0.39 is 0 Å². The number of thiazole rings is 1. The van der Waals surface area contributed by atoms with Gasteiger partial charge in [-0.1, -0.05) is 24.3 Å². The van der Waals surface area contributed by atoms with E-state index in [1.54, 1.807) is 29.0 Å². The fourth-order valence-electron chi connectivity index (χ4n) is 5.40. The Bertz CT molecular complexity index is 1340. The van der Waals surface area contributed by atoms with E-state index >= 15 is 0 Å². The number of aryl methyl sites for hydroxylation is 2. The number of thiophene rings is 1. The molecule has 0 aliphatic heterocycles. The molecule has 0 N–H and O–H groups in total. The van der Waals surface area contributed by atoms with Crippen molar-refractivity contribution < 1.29 is 0 Å². The Morgan fingerprint density at radius 1 is 1.19 bits per heavy atom. The number of nitrogens with zero attached hydrogens (tertiary/aromatic N) is 4. The summed E-state index contributed by atoms with van der Waals surface area (Å²) in [6.45, 7) is 2.94. The molecule has 0 spiro atoms. The van der Waals surface area contributed by atoms with Crippen molar-refractivity contribution in [3.05, 3.63) is 78.6 Å². The van der Waals surface area contributed by atoms with Crippen molar-refractivity contribution in [2.24, 2.45) is 0 Å². The average molecular weight is 463 g/mol. The quantitative estimate of drug-likeness (QED) is 0.446. The van der Waals surface area contributed by atoms with E-state index in [0.29, 0.717) is 6.04 Å². The van der Waals surface area contributed by atoms with Crippen molar-refractivity contribution in [3.8, 4) is 0 Å². The van der Waals surface area contributed by atoms with Crippen molar-refractivity contribution in [2.75, 3.05) is 7.05 Å². The van der Waals surface area contributed by atoms with E-state index in [0.717, 1.165) is 59.6 Å². The maximum Gasteiger partial charge on any atom is 0.262 e. The van der Waals surface area contributed by atoms with Crippen LogP contribution in [0.3, 0.4) is 0 Å². The van der Waals surface area contributed by atoms with E-state index in [1.807, 2.05) is 4.57 Å². The van der Waals surface area contributed by atoms with Crippen molar-refractivity contribution in [1.29, 1.82) is 0 Å². The summed E-state index contributed by atoms with van der Waals surface area (Å²) >= 11 is 3.43. The Labute approximate surface area is 195 Å². The smallest absolute Gasteiger partial charge is 0.262 e. The summed E-state index contributed by atoms with van der Waals surface area (Å²) in [5.74, 6) is 0. The van der Waals surface area contributed by atoms with E-state index in [1.165, 1.54) is 21.6 Å². The molecule has 0 fully saturated rings. The highest BCUT2D eigenvalue weighted by molar-refractivity contribution is 7.18. The Balaban J connectivity index is 1.27. The van der Waals surface area contributed by atoms with Crippen molar-refractivity contribution >= 4 is 32.9 Å². The van der Waals surface area contributed by atoms with Gasteiger partial charge in [0.2, 0.25) is 0 Å². The van der Waals surface area contributed by atoms with Gasteiger partial charge < -0.3 is 0 Å². The summed E-state index contributed by atoms with van der Waals surface area (Å²) in [4.78, 5) is 27.6. The number of fused-ring (bicyclic) bond motifs is 4. The molecule has 1 aromatic carbocycles. The van der Waals surface area contributed by atoms with Crippen LogP contribution in [0.15, 0.2) is 40.8 Å². The van der Waals surface area contributed by atoms with Gasteiger partial charge in [0.25, 0.3) is 5.56 Å². The standard InChI is InChI=1S/C25H26N4OS2/c1-15-27-18(13-31-15)12-28(2)19-7-8-21-22(11-19)32-24-23(21)25(30)29(14-26-24)20-9-16-5-3-4-6-17(16)10-20/h3-6,13-14,19-20H,7-12H2,1-2H3/t19-/m1/s1. The van der Waals surface area contributed by atoms with Gasteiger partial charge >= 0.3 is 0 Å². The lowest BCUT2D eigenvalue weighted by Crippen LogP contribution is -2.36. The second kappa shape index (κ2) is 7.90. The first kappa shape index (κ1) is 20.3. The van der Waals surface area contributed by atoms with Gasteiger partial charge in [-0.3, -0.25) is 14.3 Å². The first-order valence-corrected chi connectivity index (χ1v) is 13.0. The van der Waals surface area contributed by atoms with Crippen molar-refractivity contribution in [3.63, 3.8) is 0 Å². The molecule has 2 aliphatic rings. The van der Waals surface area contributed by atoms with E-state index in [-0.39, 0.29) is 11.6 Å². The topological polar surface area (TPSA) is 51.0 Å². The van der Waals surface area contributed by atoms with Crippen LogP contribution in [0.25, 0.3) is 10.2 Å². The van der Waals surface area contributed by atoms with Gasteiger partial charge in [0.05, 0.1) is 22.4 Å². The zero-order valence-corrected chi connectivity index (χ0v) is 20.0. The third-order valence-electron chi connectivity index (χ3n) is 7.09. The van der Waals surface area contributed by atoms with E-state index in [9.17, 15) is 4.79 Å². The highest BCUT2D eigenvalue weighted by Gasteiger charge is 2.29. The summed E-state index contributed by atoms with van der Waals surface area (Å²) in [5, 5.41) is 4.16. The van der Waals surface area contributed by atoms with Gasteiger partial charge in [-0.05, 0) is 62.8 Å². The molecule has 0 saturated carbocycles. The lowest BCUT2D eigenvalue weighted by Gasteiger charge is -2.30. The lowest BCUT2D eigenvalue weighted by molar-refractivity contribution is 0.213. The third-order valence-corrected chi connectivity index (χ3v) is 9.08. The van der Waals surface area contributed by atoms with Gasteiger partial charge in [-0.2, -0.15) is 0 Å². The second-order valence-corrected chi connectivity index (χ2v) is 11.3. The number of rotatable bonds is 4. The summed E-state index contributed by atoms with van der Waals surface area (Å²) in [6.07, 6.45) is 6.63. The Kier molecular flexibility index (Phi) is 5.01. The van der Waals surface area contributed by atoms with Crippen LogP contribution in [0.5, 0.6) is 0 Å². The minimum atomic E-state index is 0.148. The summed E-state index contributed by atoms with van der Waals surface area (Å²) in [5.41, 5.74) is 5.27. The molecule has 0 amide bonds. The highest BCUT2D eigenvalue weighted by Crippen LogP contribution is 2.36. The molecule has 32 heavy (non-hydrogen) atoms. The van der Waals surface area contributed by atoms with Crippen molar-refractivity contribution in [2.45, 2.75) is 57.7 Å². The average Bonchev–Trinajstić information content (AvgIpc) is 3.49. The molecule has 3 heterocycles. The van der Waals surface area contributed by atoms with Gasteiger partial charge in [0.1, 0.15) is 4.83 Å². The van der Waals surface area contributed by atoms with Crippen LogP contribution < -0.4 is 5.56 Å². The number of aromatic nitrogens is 3. The van der Waals surface area contributed by atoms with E-state index in [2.05, 4.69) is 53.5 Å². The molecule has 1 atom stereocenters. The molecule has 6 rings (SSSR count). The molecular weight excluding hydrogens is 436 g/mol. The minimum Gasteiger partial charge on any atom is -0.297 e. The first-order chi connectivity index (χ1) is 15.6. The zero-order chi connectivity index (χ0) is 21.8. The number of hydrogen-bond acceptors (Lipinski definition) is 6. The molecule has 0 bridgehead atoms. The lowest BCUT2D eigenvalue weighted by atomic mass is 9.92. The number of benzene rings is 1. The maximum atomic E-state index is 13.6. The molecule has 164 valence electrons. The van der Waals surface area contributed by atoms with Gasteiger partial charge in [-0.25, -0.2) is 9.97 Å². The molecule has 3 aromatic heterocycles. The van der Waals surface area contributed by atoms with Crippen LogP contribution in [-0.4, -0.2) is 32.5 Å². The Morgan fingerprint density at radius 2 is 1.97 bits per heavy atom. The minimum absolute atomic E-state index is 0.148. The SMILES string of the molecule is Cc1nc(CN(C)[C@@H]2CCc3c(sc4ncn(C5Cc6ccccc6C5)c(=O)c34)C2)cs1. The maximum absolute atomic E-state index is 13.6. The Morgan fingerprint density at radius 3 is 2.69 bits per heavy atom. The fourth-order valence-corrected chi connectivity index (χ4v) is 7.25. The largest absolute Gasteiger partial charge is 0.297 e. The first-order valence-electron chi connectivity index (χ1n) is 11.3. The summed E-state index contributed by atoms with van der Waals surface area (Å²) in [7, 11) is 2.20. The highest BCUT2D eigenvalue weighted by atomic mass is 32.1. The van der Waals surface area contributed by atoms with Crippen LogP contribution in [0.1, 0.15) is 44.7 Å². The predicted molar refractivity (Wildman–Crippen MR) is 131 cm³/mol. The van der Waals surface area contributed by atoms with Crippen LogP contribution in [-0.2, 0) is 32.2 Å². The Hall–Kier alpha value is -2.35. The monoisotopic (exact) mass is 462 g/mol. The van der Waals surface area contributed by atoms with Gasteiger partial charge in [-0.15, -0.1) is 22.7 Å². The van der Waals surface area contributed by atoms with Crippen LogP contribution in [0.4, 0.5) is 0 Å². The zero-order valence-electron chi connectivity index (χ0n) is 18.4. The number of hydrogen-bond donors (Lipinski definition) is 0. The molecule has 2 aliphatic carbocycles. The van der Waals surface area contributed by atoms with Crippen LogP contribution in [0.2, 0.25) is 0 Å². The molecule has 7 heteroatoms. The van der Waals surface area contributed by atoms with E-state index in [4.69, 9.17) is 4.98 Å². The molecule has 5 nitrogen and oxygen atoms in total. The summed E-state index contributed by atoms with van der Waals surface area (Å²) in [6, 6.07) is 9.19. The molecule has 0 unspecified atom stereocenters. The molecule has 0 saturated heterocycles. The second-order valence-electron chi connectivity index (χ2n) is 9.14. The number of likely N-dealkylation sites (N-methyl/N-ethyl adjacent to an activating group) is 1. The summed E-state index contributed by atoms with van der Waals surface area (Å²) < 4.78 is 1.90. The normalized spacial score (nSPS) is 18.4. The van der Waals surface area contributed by atoms with Crippen LogP contribution >= 0.6 is 22.7 Å². The van der Waals surface area contributed by atoms with Gasteiger partial charge in [0, 0.05) is 28.9 Å². The predicted octanol–water partition coefficient (Wildman–Crippen LogP) is 4.55. The third kappa shape index (κ3) is 3.43. The van der Waals surface area contributed by atoms with Crippen molar-refractivity contribution in [1.82, 2.24) is 19.4 Å². The molecule has 0 radical (unpaired) electrons. The molecule has 4 aromatic rings. The molecular formula is C25H26N4OS2. The van der Waals surface area contributed by atoms with Crippen LogP contribution in [0, 0.1) is 6.92 Å². The fraction of sp³-hybridized carbons (Fsp3) is 0.400.